The van der Waals surface area contributed by atoms with Crippen molar-refractivity contribution in [1.82, 2.24) is 19.1 Å². The average molecular weight is 303 g/mol. The Bertz CT molecular complexity index is 675. The third-order valence-electron chi connectivity index (χ3n) is 2.90. The largest absolute Gasteiger partial charge is 0.338 e. The SMILES string of the molecule is CCc1nc(S(=O)(=O)Cl)cn1CCc1nccn1C. The van der Waals surface area contributed by atoms with Crippen LogP contribution in [0.4, 0.5) is 0 Å². The van der Waals surface area contributed by atoms with Gasteiger partial charge in [0.25, 0.3) is 9.05 Å². The van der Waals surface area contributed by atoms with Gasteiger partial charge in [-0.2, -0.15) is 0 Å². The number of aromatic nitrogens is 4. The predicted octanol–water partition coefficient (Wildman–Crippen LogP) is 1.35. The van der Waals surface area contributed by atoms with Gasteiger partial charge in [0, 0.05) is 55.7 Å². The van der Waals surface area contributed by atoms with Gasteiger partial charge in [-0.1, -0.05) is 6.92 Å². The van der Waals surface area contributed by atoms with E-state index in [0.29, 0.717) is 25.2 Å². The summed E-state index contributed by atoms with van der Waals surface area (Å²) in [6.45, 7) is 2.54. The standard InChI is InChI=1S/C11H15ClN4O2S/c1-3-9-14-11(19(12,17)18)8-16(9)6-4-10-13-5-7-15(10)2/h5,7-8H,3-4,6H2,1-2H3. The summed E-state index contributed by atoms with van der Waals surface area (Å²) in [4.78, 5) is 8.26. The summed E-state index contributed by atoms with van der Waals surface area (Å²) in [6.07, 6.45) is 6.43. The summed E-state index contributed by atoms with van der Waals surface area (Å²) < 4.78 is 26.3. The van der Waals surface area contributed by atoms with Crippen molar-refractivity contribution >= 4 is 19.7 Å². The first-order valence-electron chi connectivity index (χ1n) is 5.88. The fourth-order valence-electron chi connectivity index (χ4n) is 1.88. The fourth-order valence-corrected chi connectivity index (χ4v) is 2.57. The Morgan fingerprint density at radius 2 is 2.11 bits per heavy atom. The predicted molar refractivity (Wildman–Crippen MR) is 71.6 cm³/mol. The molecule has 0 bridgehead atoms. The molecule has 0 amide bonds. The lowest BCUT2D eigenvalue weighted by Gasteiger charge is -2.06. The van der Waals surface area contributed by atoms with Crippen molar-refractivity contribution in [3.8, 4) is 0 Å². The Labute approximate surface area is 116 Å². The maximum atomic E-state index is 11.3. The summed E-state index contributed by atoms with van der Waals surface area (Å²) in [5, 5.41) is -0.0918. The number of hydrogen-bond acceptors (Lipinski definition) is 4. The minimum Gasteiger partial charge on any atom is -0.338 e. The van der Waals surface area contributed by atoms with Gasteiger partial charge in [0.15, 0.2) is 5.03 Å². The molecule has 0 aliphatic heterocycles. The van der Waals surface area contributed by atoms with E-state index >= 15 is 0 Å². The topological polar surface area (TPSA) is 69.8 Å². The van der Waals surface area contributed by atoms with Crippen LogP contribution in [0.5, 0.6) is 0 Å². The number of halogens is 1. The smallest absolute Gasteiger partial charge is 0.280 e. The first-order chi connectivity index (χ1) is 8.91. The van der Waals surface area contributed by atoms with Crippen molar-refractivity contribution in [2.75, 3.05) is 0 Å². The van der Waals surface area contributed by atoms with E-state index in [2.05, 4.69) is 9.97 Å². The molecule has 0 unspecified atom stereocenters. The maximum absolute atomic E-state index is 11.3. The lowest BCUT2D eigenvalue weighted by atomic mass is 10.3. The summed E-state index contributed by atoms with van der Waals surface area (Å²) in [5.74, 6) is 1.64. The van der Waals surface area contributed by atoms with Gasteiger partial charge in [0.05, 0.1) is 0 Å². The zero-order valence-corrected chi connectivity index (χ0v) is 12.3. The molecule has 104 valence electrons. The van der Waals surface area contributed by atoms with Crippen LogP contribution in [0.25, 0.3) is 0 Å². The number of imidazole rings is 2. The van der Waals surface area contributed by atoms with Crippen LogP contribution in [0.2, 0.25) is 0 Å². The van der Waals surface area contributed by atoms with Crippen molar-refractivity contribution in [3.05, 3.63) is 30.2 Å². The number of hydrogen-bond donors (Lipinski definition) is 0. The lowest BCUT2D eigenvalue weighted by Crippen LogP contribution is -2.07. The van der Waals surface area contributed by atoms with E-state index in [0.717, 1.165) is 5.82 Å². The second-order valence-corrected chi connectivity index (χ2v) is 6.70. The van der Waals surface area contributed by atoms with Gasteiger partial charge in [-0.25, -0.2) is 18.4 Å². The van der Waals surface area contributed by atoms with E-state index in [1.807, 2.05) is 29.3 Å². The van der Waals surface area contributed by atoms with Gasteiger partial charge in [0.2, 0.25) is 0 Å². The van der Waals surface area contributed by atoms with E-state index in [-0.39, 0.29) is 5.03 Å². The van der Waals surface area contributed by atoms with Gasteiger partial charge in [-0.15, -0.1) is 0 Å². The van der Waals surface area contributed by atoms with E-state index in [1.54, 1.807) is 6.20 Å². The number of nitrogens with zero attached hydrogens (tertiary/aromatic N) is 4. The van der Waals surface area contributed by atoms with Gasteiger partial charge in [-0.3, -0.25) is 0 Å². The van der Waals surface area contributed by atoms with Crippen LogP contribution in [-0.2, 0) is 35.5 Å². The van der Waals surface area contributed by atoms with Crippen LogP contribution < -0.4 is 0 Å². The zero-order valence-electron chi connectivity index (χ0n) is 10.7. The minimum absolute atomic E-state index is 0.0918. The summed E-state index contributed by atoms with van der Waals surface area (Å²) in [6, 6.07) is 0. The Morgan fingerprint density at radius 3 is 2.63 bits per heavy atom. The molecule has 19 heavy (non-hydrogen) atoms. The first-order valence-corrected chi connectivity index (χ1v) is 8.19. The van der Waals surface area contributed by atoms with Crippen LogP contribution in [0.3, 0.4) is 0 Å². The molecule has 0 fully saturated rings. The average Bonchev–Trinajstić information content (AvgIpc) is 2.91. The first kappa shape index (κ1) is 14.1. The van der Waals surface area contributed by atoms with Crippen LogP contribution in [0.15, 0.2) is 23.6 Å². The molecule has 2 heterocycles. The van der Waals surface area contributed by atoms with Gasteiger partial charge in [-0.05, 0) is 0 Å². The van der Waals surface area contributed by atoms with Gasteiger partial charge >= 0.3 is 0 Å². The molecule has 6 nitrogen and oxygen atoms in total. The second kappa shape index (κ2) is 5.34. The highest BCUT2D eigenvalue weighted by atomic mass is 35.7. The third kappa shape index (κ3) is 3.16. The van der Waals surface area contributed by atoms with Crippen molar-refractivity contribution in [2.24, 2.45) is 7.05 Å². The Hall–Kier alpha value is -1.34. The molecule has 2 rings (SSSR count). The molecule has 0 radical (unpaired) electrons. The molecule has 0 aliphatic carbocycles. The molecule has 0 N–H and O–H groups in total. The van der Waals surface area contributed by atoms with Crippen LogP contribution in [0, 0.1) is 0 Å². The molecule has 0 spiro atoms. The fraction of sp³-hybridized carbons (Fsp3) is 0.455. The van der Waals surface area contributed by atoms with Gasteiger partial charge < -0.3 is 9.13 Å². The summed E-state index contributed by atoms with van der Waals surface area (Å²) in [5.41, 5.74) is 0. The normalized spacial score (nSPS) is 11.9. The highest BCUT2D eigenvalue weighted by Crippen LogP contribution is 2.15. The molecule has 0 saturated carbocycles. The highest BCUT2D eigenvalue weighted by molar-refractivity contribution is 8.13. The maximum Gasteiger partial charge on any atom is 0.280 e. The third-order valence-corrected chi connectivity index (χ3v) is 4.07. The number of aryl methyl sites for hydroxylation is 4. The van der Waals surface area contributed by atoms with Crippen molar-refractivity contribution in [1.29, 1.82) is 0 Å². The molecule has 0 aliphatic rings. The molecule has 0 aromatic carbocycles. The second-order valence-electron chi connectivity index (χ2n) is 4.18. The van der Waals surface area contributed by atoms with Gasteiger partial charge in [0.1, 0.15) is 11.6 Å². The Balaban J connectivity index is 2.20. The molecule has 2 aromatic heterocycles. The quantitative estimate of drug-likeness (QED) is 0.782. The molecular formula is C11H15ClN4O2S. The summed E-state index contributed by atoms with van der Waals surface area (Å²) >= 11 is 0. The van der Waals surface area contributed by atoms with Crippen LogP contribution >= 0.6 is 10.7 Å². The van der Waals surface area contributed by atoms with E-state index in [9.17, 15) is 8.42 Å². The molecule has 8 heteroatoms. The van der Waals surface area contributed by atoms with E-state index in [1.165, 1.54) is 6.20 Å². The Kier molecular flexibility index (Phi) is 3.96. The van der Waals surface area contributed by atoms with Crippen LogP contribution in [0.1, 0.15) is 18.6 Å². The van der Waals surface area contributed by atoms with E-state index < -0.39 is 9.05 Å². The minimum atomic E-state index is -3.78. The lowest BCUT2D eigenvalue weighted by molar-refractivity contribution is 0.606. The van der Waals surface area contributed by atoms with E-state index in [4.69, 9.17) is 10.7 Å². The summed E-state index contributed by atoms with van der Waals surface area (Å²) in [7, 11) is 3.45. The van der Waals surface area contributed by atoms with Crippen molar-refractivity contribution in [3.63, 3.8) is 0 Å². The van der Waals surface area contributed by atoms with Crippen LogP contribution in [-0.4, -0.2) is 27.5 Å². The monoisotopic (exact) mass is 302 g/mol. The number of rotatable bonds is 5. The zero-order chi connectivity index (χ0) is 14.0. The molecule has 0 saturated heterocycles. The van der Waals surface area contributed by atoms with Crippen molar-refractivity contribution < 1.29 is 8.42 Å². The molecule has 0 atom stereocenters. The Morgan fingerprint density at radius 1 is 1.37 bits per heavy atom. The highest BCUT2D eigenvalue weighted by Gasteiger charge is 2.17. The van der Waals surface area contributed by atoms with Crippen molar-refractivity contribution in [2.45, 2.75) is 31.3 Å². The molecule has 2 aromatic rings. The molecular weight excluding hydrogens is 288 g/mol.